The fraction of sp³-hybridized carbons (Fsp3) is 0.286. The summed E-state index contributed by atoms with van der Waals surface area (Å²) in [5.41, 5.74) is 2.74. The molecule has 1 aliphatic rings. The summed E-state index contributed by atoms with van der Waals surface area (Å²) in [6.07, 6.45) is 1.65. The molecule has 0 spiro atoms. The Morgan fingerprint density at radius 2 is 2.16 bits per heavy atom. The maximum atomic E-state index is 12.6. The molecule has 19 heavy (non-hydrogen) atoms. The molecule has 0 radical (unpaired) electrons. The minimum Gasteiger partial charge on any atom is -0.311 e. The number of hydrogen-bond donors (Lipinski definition) is 1. The highest BCUT2D eigenvalue weighted by Crippen LogP contribution is 2.23. The molecule has 1 aliphatic heterocycles. The Hall–Kier alpha value is -2.14. The molecule has 0 saturated carbocycles. The average molecular weight is 256 g/mol. The smallest absolute Gasteiger partial charge is 0.276 e. The number of fused-ring (bicyclic) bond motifs is 1. The number of anilines is 1. The number of nitrogens with one attached hydrogen (secondary N) is 1. The van der Waals surface area contributed by atoms with Gasteiger partial charge in [-0.05, 0) is 17.7 Å². The number of aryl methyl sites for hydroxylation is 1. The first-order chi connectivity index (χ1) is 9.27. The van der Waals surface area contributed by atoms with Crippen LogP contribution in [0.2, 0.25) is 0 Å². The number of carbonyl (C=O) groups is 1. The molecule has 2 aromatic rings. The van der Waals surface area contributed by atoms with Gasteiger partial charge in [-0.1, -0.05) is 18.2 Å². The second-order valence-electron chi connectivity index (χ2n) is 4.60. The molecular weight excluding hydrogens is 240 g/mol. The third kappa shape index (κ3) is 2.13. The van der Waals surface area contributed by atoms with E-state index >= 15 is 0 Å². The third-order valence-corrected chi connectivity index (χ3v) is 3.40. The number of hydrogen-bond acceptors (Lipinski definition) is 3. The van der Waals surface area contributed by atoms with Crippen molar-refractivity contribution in [3.8, 4) is 0 Å². The highest BCUT2D eigenvalue weighted by atomic mass is 16.2. The highest BCUT2D eigenvalue weighted by Gasteiger charge is 2.23. The summed E-state index contributed by atoms with van der Waals surface area (Å²) >= 11 is 0. The first kappa shape index (κ1) is 11.9. The molecule has 0 aliphatic carbocycles. The van der Waals surface area contributed by atoms with Crippen LogP contribution in [0.4, 0.5) is 5.69 Å². The zero-order valence-corrected chi connectivity index (χ0v) is 10.8. The van der Waals surface area contributed by atoms with Gasteiger partial charge in [0.05, 0.1) is 0 Å². The van der Waals surface area contributed by atoms with Gasteiger partial charge in [0.2, 0.25) is 0 Å². The third-order valence-electron chi connectivity index (χ3n) is 3.40. The lowest BCUT2D eigenvalue weighted by atomic mass is 10.1. The van der Waals surface area contributed by atoms with E-state index in [1.165, 1.54) is 0 Å². The zero-order valence-electron chi connectivity index (χ0n) is 10.8. The van der Waals surface area contributed by atoms with Gasteiger partial charge in [-0.3, -0.25) is 9.48 Å². The molecule has 2 heterocycles. The van der Waals surface area contributed by atoms with Crippen LogP contribution in [0.25, 0.3) is 0 Å². The van der Waals surface area contributed by atoms with Crippen LogP contribution in [0, 0.1) is 0 Å². The van der Waals surface area contributed by atoms with Gasteiger partial charge in [-0.25, -0.2) is 0 Å². The lowest BCUT2D eigenvalue weighted by Crippen LogP contribution is -2.35. The first-order valence-corrected chi connectivity index (χ1v) is 6.36. The molecule has 0 atom stereocenters. The largest absolute Gasteiger partial charge is 0.311 e. The van der Waals surface area contributed by atoms with E-state index in [4.69, 9.17) is 0 Å². The molecule has 1 aromatic carbocycles. The van der Waals surface area contributed by atoms with Gasteiger partial charge in [0.1, 0.15) is 5.69 Å². The number of amides is 1. The van der Waals surface area contributed by atoms with E-state index in [1.54, 1.807) is 24.0 Å². The van der Waals surface area contributed by atoms with Crippen molar-refractivity contribution in [2.45, 2.75) is 6.54 Å². The summed E-state index contributed by atoms with van der Waals surface area (Å²) in [5.74, 6) is -0.00356. The van der Waals surface area contributed by atoms with E-state index in [9.17, 15) is 4.79 Å². The molecule has 1 amide bonds. The Labute approximate surface area is 111 Å². The van der Waals surface area contributed by atoms with Crippen molar-refractivity contribution >= 4 is 11.6 Å². The molecule has 5 nitrogen and oxygen atoms in total. The summed E-state index contributed by atoms with van der Waals surface area (Å²) < 4.78 is 1.61. The van der Waals surface area contributed by atoms with Gasteiger partial charge in [0.25, 0.3) is 5.91 Å². The molecule has 1 aromatic heterocycles. The predicted molar refractivity (Wildman–Crippen MR) is 73.0 cm³/mol. The molecule has 0 unspecified atom stereocenters. The van der Waals surface area contributed by atoms with Crippen LogP contribution in [-0.2, 0) is 13.6 Å². The summed E-state index contributed by atoms with van der Waals surface area (Å²) in [4.78, 5) is 14.5. The van der Waals surface area contributed by atoms with Crippen LogP contribution in [0.15, 0.2) is 36.5 Å². The van der Waals surface area contributed by atoms with Gasteiger partial charge >= 0.3 is 0 Å². The SMILES string of the molecule is Cn1nccc1C(=O)N1CCNCc2ccccc21. The quantitative estimate of drug-likeness (QED) is 0.833. The molecule has 0 bridgehead atoms. The molecule has 3 rings (SSSR count). The Bertz CT molecular complexity index is 605. The van der Waals surface area contributed by atoms with Crippen molar-refractivity contribution in [1.29, 1.82) is 0 Å². The predicted octanol–water partition coefficient (Wildman–Crippen LogP) is 1.17. The minimum atomic E-state index is -0.00356. The molecule has 98 valence electrons. The standard InChI is InChI=1S/C14H16N4O/c1-17-13(6-7-16-17)14(19)18-9-8-15-10-11-4-2-3-5-12(11)18/h2-7,15H,8-10H2,1H3. The average Bonchev–Trinajstić information content (AvgIpc) is 2.74. The Morgan fingerprint density at radius 3 is 2.95 bits per heavy atom. The van der Waals surface area contributed by atoms with E-state index < -0.39 is 0 Å². The van der Waals surface area contributed by atoms with Crippen LogP contribution in [0.5, 0.6) is 0 Å². The van der Waals surface area contributed by atoms with Crippen molar-refractivity contribution in [3.63, 3.8) is 0 Å². The van der Waals surface area contributed by atoms with E-state index in [0.717, 1.165) is 24.3 Å². The summed E-state index contributed by atoms with van der Waals surface area (Å²) in [5, 5.41) is 7.40. The van der Waals surface area contributed by atoms with Gasteiger partial charge in [-0.2, -0.15) is 5.10 Å². The Balaban J connectivity index is 2.01. The van der Waals surface area contributed by atoms with Crippen LogP contribution in [0.3, 0.4) is 0 Å². The van der Waals surface area contributed by atoms with E-state index in [1.807, 2.05) is 23.1 Å². The summed E-state index contributed by atoms with van der Waals surface area (Å²) in [7, 11) is 1.79. The number of benzene rings is 1. The van der Waals surface area contributed by atoms with Gasteiger partial charge in [-0.15, -0.1) is 0 Å². The minimum absolute atomic E-state index is 0.00356. The monoisotopic (exact) mass is 256 g/mol. The first-order valence-electron chi connectivity index (χ1n) is 6.36. The van der Waals surface area contributed by atoms with Gasteiger partial charge in [0, 0.05) is 38.6 Å². The van der Waals surface area contributed by atoms with E-state index in [0.29, 0.717) is 12.2 Å². The lowest BCUT2D eigenvalue weighted by Gasteiger charge is -2.22. The molecular formula is C14H16N4O. The molecule has 1 N–H and O–H groups in total. The Morgan fingerprint density at radius 1 is 1.32 bits per heavy atom. The second-order valence-corrected chi connectivity index (χ2v) is 4.60. The van der Waals surface area contributed by atoms with E-state index in [2.05, 4.69) is 16.5 Å². The van der Waals surface area contributed by atoms with Gasteiger partial charge in [0.15, 0.2) is 0 Å². The molecule has 5 heteroatoms. The fourth-order valence-corrected chi connectivity index (χ4v) is 2.39. The summed E-state index contributed by atoms with van der Waals surface area (Å²) in [6, 6.07) is 9.77. The fourth-order valence-electron chi connectivity index (χ4n) is 2.39. The number of para-hydroxylation sites is 1. The molecule has 0 fully saturated rings. The van der Waals surface area contributed by atoms with Crippen LogP contribution in [0.1, 0.15) is 16.1 Å². The van der Waals surface area contributed by atoms with Crippen LogP contribution >= 0.6 is 0 Å². The number of aromatic nitrogens is 2. The van der Waals surface area contributed by atoms with Crippen molar-refractivity contribution in [2.24, 2.45) is 7.05 Å². The lowest BCUT2D eigenvalue weighted by molar-refractivity contribution is 0.0978. The number of nitrogens with zero attached hydrogens (tertiary/aromatic N) is 3. The van der Waals surface area contributed by atoms with Crippen molar-refractivity contribution in [2.75, 3.05) is 18.0 Å². The second kappa shape index (κ2) is 4.85. The number of rotatable bonds is 1. The van der Waals surface area contributed by atoms with Crippen LogP contribution < -0.4 is 10.2 Å². The van der Waals surface area contributed by atoms with Gasteiger partial charge < -0.3 is 10.2 Å². The maximum absolute atomic E-state index is 12.6. The normalized spacial score (nSPS) is 14.9. The zero-order chi connectivity index (χ0) is 13.2. The van der Waals surface area contributed by atoms with Crippen molar-refractivity contribution < 1.29 is 4.79 Å². The van der Waals surface area contributed by atoms with E-state index in [-0.39, 0.29) is 5.91 Å². The maximum Gasteiger partial charge on any atom is 0.276 e. The number of carbonyl (C=O) groups excluding carboxylic acids is 1. The summed E-state index contributed by atoms with van der Waals surface area (Å²) in [6.45, 7) is 2.25. The molecule has 0 saturated heterocycles. The highest BCUT2D eigenvalue weighted by molar-refractivity contribution is 6.05. The van der Waals surface area contributed by atoms with Crippen molar-refractivity contribution in [1.82, 2.24) is 15.1 Å². The van der Waals surface area contributed by atoms with Crippen molar-refractivity contribution in [3.05, 3.63) is 47.8 Å². The Kier molecular flexibility index (Phi) is 3.05. The topological polar surface area (TPSA) is 50.2 Å². The van der Waals surface area contributed by atoms with Crippen LogP contribution in [-0.4, -0.2) is 28.8 Å².